The summed E-state index contributed by atoms with van der Waals surface area (Å²) in [5.74, 6) is 0. The van der Waals surface area contributed by atoms with Gasteiger partial charge in [-0.1, -0.05) is 38.9 Å². The van der Waals surface area contributed by atoms with E-state index in [4.69, 9.17) is 18.0 Å². The van der Waals surface area contributed by atoms with Gasteiger partial charge in [0.05, 0.1) is 4.99 Å². The number of hydrogen-bond donors (Lipinski definition) is 1. The van der Waals surface area contributed by atoms with Crippen molar-refractivity contribution in [3.05, 3.63) is 0 Å². The van der Waals surface area contributed by atoms with E-state index in [9.17, 15) is 0 Å². The lowest BCUT2D eigenvalue weighted by molar-refractivity contribution is 0.0888. The zero-order chi connectivity index (χ0) is 12.0. The maximum atomic E-state index is 5.70. The molecule has 1 aliphatic rings. The van der Waals surface area contributed by atoms with E-state index in [1.807, 2.05) is 0 Å². The fraction of sp³-hybridized carbons (Fsp3) is 0.923. The van der Waals surface area contributed by atoms with Gasteiger partial charge in [0, 0.05) is 18.5 Å². The molecule has 3 heteroatoms. The van der Waals surface area contributed by atoms with Gasteiger partial charge >= 0.3 is 0 Å². The predicted molar refractivity (Wildman–Crippen MR) is 74.7 cm³/mol. The fourth-order valence-corrected chi connectivity index (χ4v) is 3.07. The summed E-state index contributed by atoms with van der Waals surface area (Å²) in [7, 11) is 0. The van der Waals surface area contributed by atoms with E-state index in [1.54, 1.807) is 0 Å². The Bertz CT molecular complexity index is 216. The quantitative estimate of drug-likeness (QED) is 0.726. The summed E-state index contributed by atoms with van der Waals surface area (Å²) in [5.41, 5.74) is 5.70. The second kappa shape index (κ2) is 7.23. The van der Waals surface area contributed by atoms with Crippen molar-refractivity contribution in [2.24, 2.45) is 5.73 Å². The normalized spacial score (nSPS) is 24.2. The lowest BCUT2D eigenvalue weighted by Crippen LogP contribution is -2.47. The zero-order valence-corrected chi connectivity index (χ0v) is 11.6. The molecule has 0 radical (unpaired) electrons. The third kappa shape index (κ3) is 4.02. The molecule has 1 aliphatic heterocycles. The van der Waals surface area contributed by atoms with Crippen LogP contribution in [-0.2, 0) is 0 Å². The smallest absolute Gasteiger partial charge is 0.0743 e. The molecule has 0 aromatic heterocycles. The maximum absolute atomic E-state index is 5.70. The van der Waals surface area contributed by atoms with Gasteiger partial charge in [0.1, 0.15) is 0 Å². The minimum atomic E-state index is 0.578. The van der Waals surface area contributed by atoms with Crippen LogP contribution >= 0.6 is 12.2 Å². The number of piperidine rings is 1. The topological polar surface area (TPSA) is 29.3 Å². The van der Waals surface area contributed by atoms with E-state index in [1.165, 1.54) is 38.6 Å². The summed E-state index contributed by atoms with van der Waals surface area (Å²) >= 11 is 5.06. The molecule has 0 aliphatic carbocycles. The highest BCUT2D eigenvalue weighted by molar-refractivity contribution is 7.80. The first kappa shape index (κ1) is 13.9. The Balaban J connectivity index is 2.59. The van der Waals surface area contributed by atoms with E-state index >= 15 is 0 Å². The molecule has 16 heavy (non-hydrogen) atoms. The first-order valence-corrected chi connectivity index (χ1v) is 7.13. The minimum Gasteiger partial charge on any atom is -0.393 e. The molecule has 0 aromatic carbocycles. The summed E-state index contributed by atoms with van der Waals surface area (Å²) in [5, 5.41) is 0. The molecule has 1 rings (SSSR count). The molecule has 0 amide bonds. The summed E-state index contributed by atoms with van der Waals surface area (Å²) in [6.45, 7) is 5.77. The molecule has 2 unspecified atom stereocenters. The van der Waals surface area contributed by atoms with Gasteiger partial charge in [-0.25, -0.2) is 0 Å². The molecule has 0 spiro atoms. The molecular weight excluding hydrogens is 216 g/mol. The van der Waals surface area contributed by atoms with E-state index in [0.717, 1.165) is 18.9 Å². The van der Waals surface area contributed by atoms with Crippen molar-refractivity contribution in [3.8, 4) is 0 Å². The lowest BCUT2D eigenvalue weighted by atomic mass is 9.94. The standard InChI is InChI=1S/C13H26N2S/c1-3-7-12-8-5-6-9-15(12)11(4-2)10-13(14)16/h11-12H,3-10H2,1-2H3,(H2,14,16). The van der Waals surface area contributed by atoms with E-state index in [2.05, 4.69) is 18.7 Å². The van der Waals surface area contributed by atoms with Gasteiger partial charge in [-0.2, -0.15) is 0 Å². The summed E-state index contributed by atoms with van der Waals surface area (Å²) < 4.78 is 0. The Morgan fingerprint density at radius 2 is 2.19 bits per heavy atom. The van der Waals surface area contributed by atoms with Crippen LogP contribution in [0.4, 0.5) is 0 Å². The first-order valence-electron chi connectivity index (χ1n) is 6.73. The van der Waals surface area contributed by atoms with Gasteiger partial charge in [0.2, 0.25) is 0 Å². The number of rotatable bonds is 6. The first-order chi connectivity index (χ1) is 7.69. The molecule has 2 nitrogen and oxygen atoms in total. The molecule has 0 aromatic rings. The Hall–Kier alpha value is -0.150. The molecule has 1 fully saturated rings. The highest BCUT2D eigenvalue weighted by Crippen LogP contribution is 2.25. The number of nitrogens with zero attached hydrogens (tertiary/aromatic N) is 1. The Morgan fingerprint density at radius 3 is 2.75 bits per heavy atom. The monoisotopic (exact) mass is 242 g/mol. The van der Waals surface area contributed by atoms with Crippen LogP contribution < -0.4 is 5.73 Å². The molecule has 94 valence electrons. The largest absolute Gasteiger partial charge is 0.393 e. The summed E-state index contributed by atoms with van der Waals surface area (Å²) in [4.78, 5) is 3.35. The minimum absolute atomic E-state index is 0.578. The Labute approximate surface area is 106 Å². The average Bonchev–Trinajstić information content (AvgIpc) is 2.27. The number of thiocarbonyl (C=S) groups is 1. The highest BCUT2D eigenvalue weighted by Gasteiger charge is 2.27. The van der Waals surface area contributed by atoms with Crippen molar-refractivity contribution in [2.45, 2.75) is 70.9 Å². The second-order valence-electron chi connectivity index (χ2n) is 4.91. The number of nitrogens with two attached hydrogens (primary N) is 1. The van der Waals surface area contributed by atoms with Crippen LogP contribution in [-0.4, -0.2) is 28.5 Å². The predicted octanol–water partition coefficient (Wildman–Crippen LogP) is 3.10. The summed E-state index contributed by atoms with van der Waals surface area (Å²) in [6, 6.07) is 1.35. The van der Waals surface area contributed by atoms with Gasteiger partial charge in [-0.3, -0.25) is 4.90 Å². The van der Waals surface area contributed by atoms with E-state index in [-0.39, 0.29) is 0 Å². The molecule has 1 saturated heterocycles. The van der Waals surface area contributed by atoms with Gasteiger partial charge in [-0.15, -0.1) is 0 Å². The maximum Gasteiger partial charge on any atom is 0.0743 e. The number of likely N-dealkylation sites (tertiary alicyclic amines) is 1. The second-order valence-corrected chi connectivity index (χ2v) is 5.43. The SMILES string of the molecule is CCCC1CCCCN1C(CC)CC(N)=S. The van der Waals surface area contributed by atoms with Crippen LogP contribution in [0.2, 0.25) is 0 Å². The Morgan fingerprint density at radius 1 is 1.44 bits per heavy atom. The molecule has 0 saturated carbocycles. The summed E-state index contributed by atoms with van der Waals surface area (Å²) in [6.07, 6.45) is 8.77. The molecule has 2 atom stereocenters. The van der Waals surface area contributed by atoms with Crippen LogP contribution in [0.5, 0.6) is 0 Å². The van der Waals surface area contributed by atoms with Crippen molar-refractivity contribution in [1.29, 1.82) is 0 Å². The third-order valence-corrected chi connectivity index (χ3v) is 3.84. The van der Waals surface area contributed by atoms with Crippen LogP contribution in [0.25, 0.3) is 0 Å². The van der Waals surface area contributed by atoms with Crippen LogP contribution in [0.15, 0.2) is 0 Å². The van der Waals surface area contributed by atoms with Gasteiger partial charge in [-0.05, 0) is 32.2 Å². The van der Waals surface area contributed by atoms with Gasteiger partial charge in [0.15, 0.2) is 0 Å². The van der Waals surface area contributed by atoms with Crippen LogP contribution in [0, 0.1) is 0 Å². The van der Waals surface area contributed by atoms with Gasteiger partial charge < -0.3 is 5.73 Å². The van der Waals surface area contributed by atoms with Gasteiger partial charge in [0.25, 0.3) is 0 Å². The average molecular weight is 242 g/mol. The Kier molecular flexibility index (Phi) is 6.29. The van der Waals surface area contributed by atoms with Crippen molar-refractivity contribution in [1.82, 2.24) is 4.90 Å². The van der Waals surface area contributed by atoms with Crippen molar-refractivity contribution >= 4 is 17.2 Å². The fourth-order valence-electron chi connectivity index (χ4n) is 2.88. The van der Waals surface area contributed by atoms with E-state index < -0.39 is 0 Å². The molecule has 0 bridgehead atoms. The van der Waals surface area contributed by atoms with Crippen molar-refractivity contribution < 1.29 is 0 Å². The zero-order valence-electron chi connectivity index (χ0n) is 10.7. The van der Waals surface area contributed by atoms with Crippen LogP contribution in [0.3, 0.4) is 0 Å². The number of hydrogen-bond acceptors (Lipinski definition) is 2. The highest BCUT2D eigenvalue weighted by atomic mass is 32.1. The van der Waals surface area contributed by atoms with E-state index in [0.29, 0.717) is 11.0 Å². The molecular formula is C13H26N2S. The molecule has 1 heterocycles. The third-order valence-electron chi connectivity index (χ3n) is 3.67. The molecule has 2 N–H and O–H groups in total. The van der Waals surface area contributed by atoms with Crippen molar-refractivity contribution in [2.75, 3.05) is 6.54 Å². The van der Waals surface area contributed by atoms with Crippen LogP contribution in [0.1, 0.15) is 58.8 Å². The van der Waals surface area contributed by atoms with Crippen molar-refractivity contribution in [3.63, 3.8) is 0 Å². The lowest BCUT2D eigenvalue weighted by Gasteiger charge is -2.41.